The number of carbonyl (C=O) groups excluding carboxylic acids is 1. The van der Waals surface area contributed by atoms with Crippen LogP contribution in [-0.4, -0.2) is 45.1 Å². The topological polar surface area (TPSA) is 54.0 Å². The van der Waals surface area contributed by atoms with E-state index in [0.717, 1.165) is 0 Å². The molecule has 0 saturated carbocycles. The average molecular weight is 343 g/mol. The van der Waals surface area contributed by atoms with Crippen LogP contribution in [0.25, 0.3) is 0 Å². The summed E-state index contributed by atoms with van der Waals surface area (Å²) in [7, 11) is -2.90. The Kier molecular flexibility index (Phi) is 8.29. The van der Waals surface area contributed by atoms with Gasteiger partial charge in [0, 0.05) is 19.8 Å². The molecule has 0 aromatic carbocycles. The molecular weight excluding hydrogens is 320 g/mol. The van der Waals surface area contributed by atoms with Gasteiger partial charge in [0.2, 0.25) is 0 Å². The first-order valence-corrected chi connectivity index (χ1v) is 8.81. The summed E-state index contributed by atoms with van der Waals surface area (Å²) in [5, 5.41) is 0. The molecule has 0 N–H and O–H groups in total. The van der Waals surface area contributed by atoms with E-state index >= 15 is 0 Å². The van der Waals surface area contributed by atoms with Crippen molar-refractivity contribution in [2.24, 2.45) is 0 Å². The normalized spacial score (nSPS) is 12.6. The summed E-state index contributed by atoms with van der Waals surface area (Å²) in [5.74, 6) is -0.363. The van der Waals surface area contributed by atoms with Gasteiger partial charge in [0.1, 0.15) is 4.32 Å². The average Bonchev–Trinajstić information content (AvgIpc) is 2.25. The second kappa shape index (κ2) is 8.26. The molecule has 0 aliphatic rings. The zero-order valence-electron chi connectivity index (χ0n) is 11.7. The van der Waals surface area contributed by atoms with Crippen molar-refractivity contribution in [1.82, 2.24) is 0 Å². The molecule has 0 aromatic heterocycles. The first kappa shape index (κ1) is 18.0. The van der Waals surface area contributed by atoms with Crippen molar-refractivity contribution in [3.8, 4) is 0 Å². The fourth-order valence-electron chi connectivity index (χ4n) is 1.24. The lowest BCUT2D eigenvalue weighted by Crippen LogP contribution is -2.52. The van der Waals surface area contributed by atoms with E-state index in [2.05, 4.69) is 15.9 Å². The van der Waals surface area contributed by atoms with E-state index < -0.39 is 13.1 Å². The van der Waals surface area contributed by atoms with Crippen molar-refractivity contribution < 1.29 is 22.8 Å². The zero-order chi connectivity index (χ0) is 14.2. The molecule has 7 heteroatoms. The summed E-state index contributed by atoms with van der Waals surface area (Å²) in [6.45, 7) is 10.4. The number of hydrogen-bond acceptors (Lipinski definition) is 5. The lowest BCUT2D eigenvalue weighted by Gasteiger charge is -2.28. The summed E-state index contributed by atoms with van der Waals surface area (Å²) in [4.78, 5) is 11.7. The lowest BCUT2D eigenvalue weighted by molar-refractivity contribution is -0.145. The Hall–Kier alpha value is 0.0469. The van der Waals surface area contributed by atoms with E-state index in [0.29, 0.717) is 19.8 Å². The number of halogens is 1. The number of alkyl halides is 1. The van der Waals surface area contributed by atoms with Gasteiger partial charge in [-0.05, 0) is 34.6 Å². The Bertz CT molecular complexity index is 237. The Morgan fingerprint density at radius 3 is 1.72 bits per heavy atom. The third-order valence-electron chi connectivity index (χ3n) is 1.96. The van der Waals surface area contributed by atoms with Crippen molar-refractivity contribution in [3.63, 3.8) is 0 Å². The van der Waals surface area contributed by atoms with Crippen LogP contribution >= 0.6 is 15.9 Å². The summed E-state index contributed by atoms with van der Waals surface area (Å²) < 4.78 is 21.2. The molecule has 0 aromatic rings. The van der Waals surface area contributed by atoms with E-state index in [-0.39, 0.29) is 12.2 Å². The summed E-state index contributed by atoms with van der Waals surface area (Å²) in [6.07, 6.45) is 0.0381. The van der Waals surface area contributed by atoms with Crippen molar-refractivity contribution in [2.45, 2.75) is 38.9 Å². The van der Waals surface area contributed by atoms with Crippen LogP contribution in [0, 0.1) is 0 Å². The molecule has 108 valence electrons. The van der Waals surface area contributed by atoms with Crippen LogP contribution in [0.4, 0.5) is 0 Å². The highest BCUT2D eigenvalue weighted by Gasteiger charge is 2.43. The van der Waals surface area contributed by atoms with Crippen LogP contribution in [0.2, 0.25) is 0 Å². The molecule has 0 amide bonds. The molecule has 0 radical (unpaired) electrons. The number of hydrogen-bond donors (Lipinski definition) is 0. The fourth-order valence-corrected chi connectivity index (χ4v) is 3.48. The molecule has 0 atom stereocenters. The first-order valence-electron chi connectivity index (χ1n) is 6.09. The molecule has 0 spiro atoms. The molecule has 0 rings (SSSR count). The third-order valence-corrected chi connectivity index (χ3v) is 4.97. The molecule has 0 saturated heterocycles. The maximum absolute atomic E-state index is 11.7. The van der Waals surface area contributed by atoms with Gasteiger partial charge in [0.15, 0.2) is 6.23 Å². The van der Waals surface area contributed by atoms with Gasteiger partial charge in [-0.2, -0.15) is 0 Å². The minimum Gasteiger partial charge on any atom is -0.460 e. The van der Waals surface area contributed by atoms with E-state index in [4.69, 9.17) is 18.0 Å². The molecule has 0 unspecified atom stereocenters. The summed E-state index contributed by atoms with van der Waals surface area (Å²) in [6, 6.07) is 0. The standard InChI is InChI=1S/C11H23BrO5Si/c1-6-15-18(16-7-2,17-8-3)9-14-10(13)11(4,5)12/h6-9H2,1-5H3. The molecule has 0 aliphatic heterocycles. The van der Waals surface area contributed by atoms with E-state index in [1.807, 2.05) is 20.8 Å². The van der Waals surface area contributed by atoms with Crippen molar-refractivity contribution >= 4 is 30.7 Å². The van der Waals surface area contributed by atoms with Crippen molar-refractivity contribution in [3.05, 3.63) is 0 Å². The van der Waals surface area contributed by atoms with Gasteiger partial charge in [-0.1, -0.05) is 15.9 Å². The predicted molar refractivity (Wildman–Crippen MR) is 74.6 cm³/mol. The van der Waals surface area contributed by atoms with Crippen molar-refractivity contribution in [2.75, 3.05) is 26.1 Å². The minimum absolute atomic E-state index is 0.0381. The van der Waals surface area contributed by atoms with Gasteiger partial charge >= 0.3 is 14.8 Å². The molecule has 0 fully saturated rings. The summed E-state index contributed by atoms with van der Waals surface area (Å²) >= 11 is 3.25. The Morgan fingerprint density at radius 1 is 1.06 bits per heavy atom. The molecule has 0 heterocycles. The SMILES string of the molecule is CCO[Si](COC(=O)C(C)(C)Br)(OCC)OCC. The van der Waals surface area contributed by atoms with Gasteiger partial charge in [0.25, 0.3) is 0 Å². The Labute approximate surface area is 119 Å². The minimum atomic E-state index is -2.90. The largest absolute Gasteiger partial charge is 0.540 e. The molecule has 5 nitrogen and oxygen atoms in total. The monoisotopic (exact) mass is 342 g/mol. The molecule has 0 aliphatic carbocycles. The maximum Gasteiger partial charge on any atom is 0.540 e. The zero-order valence-corrected chi connectivity index (χ0v) is 14.3. The fraction of sp³-hybridized carbons (Fsp3) is 0.909. The maximum atomic E-state index is 11.7. The highest BCUT2D eigenvalue weighted by atomic mass is 79.9. The van der Waals surface area contributed by atoms with E-state index in [9.17, 15) is 4.79 Å². The van der Waals surface area contributed by atoms with Crippen LogP contribution in [0.5, 0.6) is 0 Å². The second-order valence-corrected chi connectivity index (χ2v) is 8.53. The third kappa shape index (κ3) is 6.28. The Balaban J connectivity index is 4.61. The molecular formula is C11H23BrO5Si. The van der Waals surface area contributed by atoms with Crippen LogP contribution in [0.15, 0.2) is 0 Å². The smallest absolute Gasteiger partial charge is 0.460 e. The number of carbonyl (C=O) groups is 1. The first-order chi connectivity index (χ1) is 8.31. The van der Waals surface area contributed by atoms with E-state index in [1.165, 1.54) is 0 Å². The highest BCUT2D eigenvalue weighted by Crippen LogP contribution is 2.19. The van der Waals surface area contributed by atoms with E-state index in [1.54, 1.807) is 13.8 Å². The number of ether oxygens (including phenoxy) is 1. The molecule has 18 heavy (non-hydrogen) atoms. The Morgan fingerprint density at radius 2 is 1.44 bits per heavy atom. The van der Waals surface area contributed by atoms with Crippen LogP contribution in [0.3, 0.4) is 0 Å². The van der Waals surface area contributed by atoms with Gasteiger partial charge in [-0.15, -0.1) is 0 Å². The lowest BCUT2D eigenvalue weighted by atomic mass is 10.2. The number of rotatable bonds is 9. The predicted octanol–water partition coefficient (Wildman–Crippen LogP) is 2.29. The highest BCUT2D eigenvalue weighted by molar-refractivity contribution is 9.10. The van der Waals surface area contributed by atoms with Crippen LogP contribution in [-0.2, 0) is 22.8 Å². The second-order valence-electron chi connectivity index (χ2n) is 4.03. The van der Waals surface area contributed by atoms with Crippen LogP contribution < -0.4 is 0 Å². The van der Waals surface area contributed by atoms with Crippen LogP contribution in [0.1, 0.15) is 34.6 Å². The van der Waals surface area contributed by atoms with Gasteiger partial charge in [0.05, 0.1) is 0 Å². The molecule has 0 bridgehead atoms. The van der Waals surface area contributed by atoms with Gasteiger partial charge < -0.3 is 18.0 Å². The van der Waals surface area contributed by atoms with Crippen molar-refractivity contribution in [1.29, 1.82) is 0 Å². The van der Waals surface area contributed by atoms with Gasteiger partial charge in [-0.3, -0.25) is 4.79 Å². The van der Waals surface area contributed by atoms with Gasteiger partial charge in [-0.25, -0.2) is 0 Å². The summed E-state index contributed by atoms with van der Waals surface area (Å²) in [5.41, 5.74) is 0. The quantitative estimate of drug-likeness (QED) is 0.365. The number of esters is 1.